The highest BCUT2D eigenvalue weighted by Gasteiger charge is 2.47. The number of carbonyl (C=O) groups is 2. The number of nitrogens with zero attached hydrogens (tertiary/aromatic N) is 1. The van der Waals surface area contributed by atoms with E-state index in [1.807, 2.05) is 6.92 Å². The number of aliphatic carboxylic acids is 1. The number of hydrogen-bond acceptors (Lipinski definition) is 4. The molecule has 6 nitrogen and oxygen atoms in total. The molecule has 0 spiro atoms. The Labute approximate surface area is 141 Å². The fourth-order valence-corrected chi connectivity index (χ4v) is 3.65. The number of likely N-dealkylation sites (tertiary alicyclic amines) is 1. The van der Waals surface area contributed by atoms with Gasteiger partial charge in [0.25, 0.3) is 5.91 Å². The highest BCUT2D eigenvalue weighted by Crippen LogP contribution is 2.44. The first kappa shape index (κ1) is 16.6. The third-order valence-electron chi connectivity index (χ3n) is 5.20. The van der Waals surface area contributed by atoms with Crippen molar-refractivity contribution in [2.75, 3.05) is 27.3 Å². The number of carboxylic acid groups (broad SMARTS) is 1. The zero-order chi connectivity index (χ0) is 17.4. The second-order valence-corrected chi connectivity index (χ2v) is 6.66. The monoisotopic (exact) mass is 333 g/mol. The van der Waals surface area contributed by atoms with Crippen molar-refractivity contribution in [2.45, 2.75) is 19.8 Å². The summed E-state index contributed by atoms with van der Waals surface area (Å²) in [6.07, 6.45) is 2.14. The molecule has 1 aromatic rings. The van der Waals surface area contributed by atoms with E-state index in [2.05, 4.69) is 0 Å². The van der Waals surface area contributed by atoms with E-state index in [1.165, 1.54) is 0 Å². The van der Waals surface area contributed by atoms with Gasteiger partial charge in [0, 0.05) is 24.2 Å². The summed E-state index contributed by atoms with van der Waals surface area (Å²) in [5, 5.41) is 9.45. The fraction of sp³-hybridized carbons (Fsp3) is 0.556. The molecular weight excluding hydrogens is 310 g/mol. The maximum atomic E-state index is 12.9. The van der Waals surface area contributed by atoms with Crippen molar-refractivity contribution in [1.29, 1.82) is 0 Å². The van der Waals surface area contributed by atoms with Crippen LogP contribution in [-0.2, 0) is 4.79 Å². The zero-order valence-corrected chi connectivity index (χ0v) is 14.2. The number of hydrogen-bond donors (Lipinski definition) is 1. The van der Waals surface area contributed by atoms with Crippen molar-refractivity contribution in [3.05, 3.63) is 23.3 Å². The standard InChI is InChI=1S/C18H23NO5/c1-10-15(23-2)6-12(7-16(10)24-3)17(20)19-8-13(11-4-5-11)14(9-19)18(21)22/h6-7,11,13-14H,4-5,8-9H2,1-3H3,(H,21,22)/t13-,14+/m1/s1. The Bertz CT molecular complexity index is 642. The molecule has 130 valence electrons. The number of methoxy groups -OCH3 is 2. The van der Waals surface area contributed by atoms with Gasteiger partial charge in [0.15, 0.2) is 0 Å². The van der Waals surface area contributed by atoms with E-state index in [0.29, 0.717) is 29.5 Å². The molecular formula is C18H23NO5. The Morgan fingerprint density at radius 1 is 1.12 bits per heavy atom. The molecule has 2 fully saturated rings. The minimum atomic E-state index is -0.804. The van der Waals surface area contributed by atoms with Gasteiger partial charge in [0.1, 0.15) is 11.5 Å². The van der Waals surface area contributed by atoms with Crippen LogP contribution in [0, 0.1) is 24.7 Å². The molecule has 1 aliphatic heterocycles. The lowest BCUT2D eigenvalue weighted by Crippen LogP contribution is -2.30. The third-order valence-corrected chi connectivity index (χ3v) is 5.20. The summed E-state index contributed by atoms with van der Waals surface area (Å²) in [5.41, 5.74) is 1.30. The molecule has 2 atom stereocenters. The summed E-state index contributed by atoms with van der Waals surface area (Å²) < 4.78 is 10.6. The molecule has 0 radical (unpaired) electrons. The van der Waals surface area contributed by atoms with Crippen LogP contribution in [0.15, 0.2) is 12.1 Å². The van der Waals surface area contributed by atoms with Crippen LogP contribution >= 0.6 is 0 Å². The molecule has 0 aromatic heterocycles. The van der Waals surface area contributed by atoms with E-state index in [9.17, 15) is 14.7 Å². The van der Waals surface area contributed by atoms with Crippen LogP contribution in [0.25, 0.3) is 0 Å². The molecule has 1 saturated carbocycles. The van der Waals surface area contributed by atoms with Gasteiger partial charge in [0.05, 0.1) is 20.1 Å². The van der Waals surface area contributed by atoms with Crippen molar-refractivity contribution in [2.24, 2.45) is 17.8 Å². The molecule has 1 heterocycles. The minimum Gasteiger partial charge on any atom is -0.496 e. The number of amides is 1. The predicted octanol–water partition coefficient (Wildman–Crippen LogP) is 2.20. The second kappa shape index (κ2) is 6.34. The largest absolute Gasteiger partial charge is 0.496 e. The molecule has 1 N–H and O–H groups in total. The number of rotatable bonds is 5. The van der Waals surface area contributed by atoms with E-state index in [1.54, 1.807) is 31.3 Å². The molecule has 3 rings (SSSR count). The van der Waals surface area contributed by atoms with Crippen LogP contribution in [0.4, 0.5) is 0 Å². The first-order valence-electron chi connectivity index (χ1n) is 8.21. The van der Waals surface area contributed by atoms with Crippen LogP contribution < -0.4 is 9.47 Å². The number of carbonyl (C=O) groups excluding carboxylic acids is 1. The van der Waals surface area contributed by atoms with Crippen molar-refractivity contribution < 1.29 is 24.2 Å². The molecule has 24 heavy (non-hydrogen) atoms. The average molecular weight is 333 g/mol. The number of ether oxygens (including phenoxy) is 2. The molecule has 1 aliphatic carbocycles. The molecule has 1 aromatic carbocycles. The van der Waals surface area contributed by atoms with Gasteiger partial charge in [-0.2, -0.15) is 0 Å². The van der Waals surface area contributed by atoms with E-state index in [-0.39, 0.29) is 18.4 Å². The Morgan fingerprint density at radius 2 is 1.71 bits per heavy atom. The van der Waals surface area contributed by atoms with Crippen LogP contribution in [0.3, 0.4) is 0 Å². The van der Waals surface area contributed by atoms with Crippen LogP contribution in [0.2, 0.25) is 0 Å². The van der Waals surface area contributed by atoms with E-state index in [0.717, 1.165) is 18.4 Å². The van der Waals surface area contributed by atoms with Gasteiger partial charge < -0.3 is 19.5 Å². The third kappa shape index (κ3) is 2.92. The van der Waals surface area contributed by atoms with Gasteiger partial charge in [-0.3, -0.25) is 9.59 Å². The molecule has 1 amide bonds. The summed E-state index contributed by atoms with van der Waals surface area (Å²) in [6.45, 7) is 2.65. The quantitative estimate of drug-likeness (QED) is 0.894. The lowest BCUT2D eigenvalue weighted by Gasteiger charge is -2.18. The molecule has 0 bridgehead atoms. The first-order chi connectivity index (χ1) is 11.5. The van der Waals surface area contributed by atoms with Crippen molar-refractivity contribution in [3.63, 3.8) is 0 Å². The van der Waals surface area contributed by atoms with Gasteiger partial charge in [-0.25, -0.2) is 0 Å². The molecule has 0 unspecified atom stereocenters. The van der Waals surface area contributed by atoms with E-state index in [4.69, 9.17) is 9.47 Å². The maximum absolute atomic E-state index is 12.9. The van der Waals surface area contributed by atoms with Crippen LogP contribution in [-0.4, -0.2) is 49.2 Å². The number of carboxylic acids is 1. The van der Waals surface area contributed by atoms with Gasteiger partial charge >= 0.3 is 5.97 Å². The van der Waals surface area contributed by atoms with Gasteiger partial charge in [-0.05, 0) is 43.7 Å². The molecule has 2 aliphatic rings. The fourth-order valence-electron chi connectivity index (χ4n) is 3.65. The van der Waals surface area contributed by atoms with Crippen molar-refractivity contribution >= 4 is 11.9 Å². The van der Waals surface area contributed by atoms with Gasteiger partial charge in [-0.1, -0.05) is 0 Å². The van der Waals surface area contributed by atoms with Crippen molar-refractivity contribution in [3.8, 4) is 11.5 Å². The average Bonchev–Trinajstić information content (AvgIpc) is 3.32. The van der Waals surface area contributed by atoms with Crippen LogP contribution in [0.1, 0.15) is 28.8 Å². The minimum absolute atomic E-state index is 0.0701. The second-order valence-electron chi connectivity index (χ2n) is 6.66. The first-order valence-corrected chi connectivity index (χ1v) is 8.21. The topological polar surface area (TPSA) is 76.1 Å². The predicted molar refractivity (Wildman–Crippen MR) is 87.5 cm³/mol. The number of benzene rings is 1. The highest BCUT2D eigenvalue weighted by molar-refractivity contribution is 5.96. The lowest BCUT2D eigenvalue weighted by molar-refractivity contribution is -0.142. The maximum Gasteiger partial charge on any atom is 0.308 e. The summed E-state index contributed by atoms with van der Waals surface area (Å²) >= 11 is 0. The van der Waals surface area contributed by atoms with Gasteiger partial charge in [0.2, 0.25) is 0 Å². The van der Waals surface area contributed by atoms with Crippen LogP contribution in [0.5, 0.6) is 11.5 Å². The van der Waals surface area contributed by atoms with E-state index >= 15 is 0 Å². The van der Waals surface area contributed by atoms with Gasteiger partial charge in [-0.15, -0.1) is 0 Å². The lowest BCUT2D eigenvalue weighted by atomic mass is 9.92. The summed E-state index contributed by atoms with van der Waals surface area (Å²) in [4.78, 5) is 26.0. The Morgan fingerprint density at radius 3 is 2.17 bits per heavy atom. The van der Waals surface area contributed by atoms with E-state index < -0.39 is 11.9 Å². The normalized spacial score (nSPS) is 23.2. The summed E-state index contributed by atoms with van der Waals surface area (Å²) in [6, 6.07) is 3.39. The Balaban J connectivity index is 1.85. The Hall–Kier alpha value is -2.24. The molecule has 6 heteroatoms. The van der Waals surface area contributed by atoms with Crippen molar-refractivity contribution in [1.82, 2.24) is 4.90 Å². The SMILES string of the molecule is COc1cc(C(=O)N2C[C@H](C(=O)O)[C@@H](C3CC3)C2)cc(OC)c1C. The highest BCUT2D eigenvalue weighted by atomic mass is 16.5. The summed E-state index contributed by atoms with van der Waals surface area (Å²) in [7, 11) is 3.10. The molecule has 1 saturated heterocycles. The summed E-state index contributed by atoms with van der Waals surface area (Å²) in [5.74, 6) is 0.264. The Kier molecular flexibility index (Phi) is 4.39. The smallest absolute Gasteiger partial charge is 0.308 e. The zero-order valence-electron chi connectivity index (χ0n) is 14.2.